The van der Waals surface area contributed by atoms with Crippen LogP contribution in [0.2, 0.25) is 0 Å². The molecule has 0 fully saturated rings. The van der Waals surface area contributed by atoms with Gasteiger partial charge in [-0.25, -0.2) is 9.59 Å². The highest BCUT2D eigenvalue weighted by atomic mass is 127. The highest BCUT2D eigenvalue weighted by molar-refractivity contribution is 14.1. The standard InChI is InChI=1S/C30H44INO6/c1-6-25(33)15-11-9-13-17-29(35)37-28(24(5)20-23(4)18-19-31)21-22(3)14-10-8-12-16-27(26(34)7-2)38-30(32)36/h6-8,10,13-14,17-20,24-28,33-34H,1-2,9,11-12,15-16,21H2,3-5H3,(H2,32,36)/b10-8+,17-13+,19-18+,22-14+,23-20+/t24-,25-,26+,27+,28-/m1/s1. The van der Waals surface area contributed by atoms with Gasteiger partial charge in [0.05, 0.1) is 6.10 Å². The predicted octanol–water partition coefficient (Wildman–Crippen LogP) is 6.39. The number of nitrogens with two attached hydrogens (primary N) is 1. The minimum Gasteiger partial charge on any atom is -0.458 e. The summed E-state index contributed by atoms with van der Waals surface area (Å²) in [6, 6.07) is 0. The van der Waals surface area contributed by atoms with E-state index in [1.54, 1.807) is 6.08 Å². The van der Waals surface area contributed by atoms with Gasteiger partial charge in [-0.3, -0.25) is 0 Å². The van der Waals surface area contributed by atoms with Crippen LogP contribution in [0, 0.1) is 5.92 Å². The normalized spacial score (nSPS) is 16.8. The molecule has 0 aromatic rings. The largest absolute Gasteiger partial charge is 0.458 e. The number of ether oxygens (including phenoxy) is 2. The quantitative estimate of drug-likeness (QED) is 0.0376. The molecule has 0 aliphatic rings. The molecule has 0 radical (unpaired) electrons. The van der Waals surface area contributed by atoms with Crippen molar-refractivity contribution in [2.45, 2.75) is 83.7 Å². The Balaban J connectivity index is 5.20. The molecule has 1 amide bonds. The second-order valence-corrected chi connectivity index (χ2v) is 9.82. The second-order valence-electron chi connectivity index (χ2n) is 9.10. The molecule has 0 unspecified atom stereocenters. The van der Waals surface area contributed by atoms with E-state index >= 15 is 0 Å². The van der Waals surface area contributed by atoms with Crippen LogP contribution in [0.5, 0.6) is 0 Å². The highest BCUT2D eigenvalue weighted by Crippen LogP contribution is 2.21. The Morgan fingerprint density at radius 3 is 2.32 bits per heavy atom. The van der Waals surface area contributed by atoms with Gasteiger partial charge >= 0.3 is 12.1 Å². The smallest absolute Gasteiger partial charge is 0.404 e. The van der Waals surface area contributed by atoms with Crippen LogP contribution in [0.4, 0.5) is 4.79 Å². The van der Waals surface area contributed by atoms with Crippen molar-refractivity contribution in [3.8, 4) is 0 Å². The lowest BCUT2D eigenvalue weighted by atomic mass is 9.95. The highest BCUT2D eigenvalue weighted by Gasteiger charge is 2.20. The Hall–Kier alpha value is -2.43. The van der Waals surface area contributed by atoms with E-state index in [0.717, 1.165) is 17.6 Å². The number of carbonyl (C=O) groups excluding carboxylic acids is 2. The van der Waals surface area contributed by atoms with Crippen LogP contribution < -0.4 is 5.73 Å². The number of unbranched alkanes of at least 4 members (excludes halogenated alkanes) is 1. The van der Waals surface area contributed by atoms with E-state index in [9.17, 15) is 19.8 Å². The second kappa shape index (κ2) is 21.5. The fourth-order valence-electron chi connectivity index (χ4n) is 3.52. The van der Waals surface area contributed by atoms with Gasteiger partial charge in [0, 0.05) is 18.4 Å². The first-order chi connectivity index (χ1) is 18.0. The lowest BCUT2D eigenvalue weighted by Crippen LogP contribution is -2.32. The number of halogens is 1. The molecule has 0 heterocycles. The molecule has 5 atom stereocenters. The SMILES string of the molecule is C=C[C@@H](O)CCC/C=C/C(=O)O[C@H](C/C(C)=C/C=C/CC[C@H](OC(N)=O)[C@@H](O)C=C)[C@H](C)/C=C(C)/C=C/I. The fourth-order valence-corrected chi connectivity index (χ4v) is 4.08. The van der Waals surface area contributed by atoms with Gasteiger partial charge in [0.15, 0.2) is 0 Å². The summed E-state index contributed by atoms with van der Waals surface area (Å²) >= 11 is 2.17. The third-order valence-corrected chi connectivity index (χ3v) is 6.01. The van der Waals surface area contributed by atoms with E-state index in [0.29, 0.717) is 32.1 Å². The van der Waals surface area contributed by atoms with E-state index in [1.165, 1.54) is 18.2 Å². The zero-order valence-electron chi connectivity index (χ0n) is 22.8. The van der Waals surface area contributed by atoms with E-state index in [-0.39, 0.29) is 12.0 Å². The molecular weight excluding hydrogens is 597 g/mol. The summed E-state index contributed by atoms with van der Waals surface area (Å²) in [5.74, 6) is -0.409. The Labute approximate surface area is 241 Å². The number of rotatable bonds is 19. The minimum atomic E-state index is -0.989. The fraction of sp³-hybridized carbons (Fsp3) is 0.467. The van der Waals surface area contributed by atoms with Crippen LogP contribution in [0.3, 0.4) is 0 Å². The van der Waals surface area contributed by atoms with Gasteiger partial charge in [-0.2, -0.15) is 0 Å². The van der Waals surface area contributed by atoms with Crippen LogP contribution in [-0.2, 0) is 14.3 Å². The van der Waals surface area contributed by atoms with Crippen molar-refractivity contribution in [1.82, 2.24) is 0 Å². The third kappa shape index (κ3) is 17.9. The molecule has 0 aliphatic carbocycles. The van der Waals surface area contributed by atoms with E-state index < -0.39 is 30.4 Å². The topological polar surface area (TPSA) is 119 Å². The van der Waals surface area contributed by atoms with E-state index in [2.05, 4.69) is 41.8 Å². The maximum Gasteiger partial charge on any atom is 0.404 e. The van der Waals surface area contributed by atoms with Crippen molar-refractivity contribution >= 4 is 34.7 Å². The van der Waals surface area contributed by atoms with E-state index in [4.69, 9.17) is 15.2 Å². The zero-order valence-corrected chi connectivity index (χ0v) is 25.0. The summed E-state index contributed by atoms with van der Waals surface area (Å²) in [5.41, 5.74) is 7.18. The van der Waals surface area contributed by atoms with Crippen molar-refractivity contribution in [2.24, 2.45) is 11.7 Å². The Morgan fingerprint density at radius 1 is 1.00 bits per heavy atom. The summed E-state index contributed by atoms with van der Waals surface area (Å²) in [4.78, 5) is 23.5. The molecule has 38 heavy (non-hydrogen) atoms. The molecule has 212 valence electrons. The Kier molecular flexibility index (Phi) is 20.1. The van der Waals surface area contributed by atoms with Crippen molar-refractivity contribution in [3.05, 3.63) is 83.1 Å². The average molecular weight is 642 g/mol. The van der Waals surface area contributed by atoms with Crippen LogP contribution in [0.1, 0.15) is 59.3 Å². The monoisotopic (exact) mass is 641 g/mol. The summed E-state index contributed by atoms with van der Waals surface area (Å²) in [5, 5.41) is 19.4. The molecule has 0 rings (SSSR count). The van der Waals surface area contributed by atoms with Gasteiger partial charge in [-0.05, 0) is 50.0 Å². The molecule has 7 nitrogen and oxygen atoms in total. The first kappa shape index (κ1) is 35.6. The molecule has 8 heteroatoms. The van der Waals surface area contributed by atoms with Crippen molar-refractivity contribution in [2.75, 3.05) is 0 Å². The van der Waals surface area contributed by atoms with Crippen molar-refractivity contribution in [1.29, 1.82) is 0 Å². The Morgan fingerprint density at radius 2 is 1.71 bits per heavy atom. The number of carbonyl (C=O) groups is 2. The lowest BCUT2D eigenvalue weighted by Gasteiger charge is -2.22. The van der Waals surface area contributed by atoms with Crippen LogP contribution in [-0.4, -0.2) is 46.7 Å². The van der Waals surface area contributed by atoms with Gasteiger partial charge in [-0.15, -0.1) is 13.2 Å². The molecule has 0 bridgehead atoms. The summed E-state index contributed by atoms with van der Waals surface area (Å²) in [7, 11) is 0. The molecule has 0 aromatic heterocycles. The summed E-state index contributed by atoms with van der Waals surface area (Å²) < 4.78 is 12.7. The summed E-state index contributed by atoms with van der Waals surface area (Å²) in [6.45, 7) is 13.1. The molecule has 0 saturated heterocycles. The van der Waals surface area contributed by atoms with Crippen LogP contribution in [0.25, 0.3) is 0 Å². The maximum atomic E-state index is 12.5. The summed E-state index contributed by atoms with van der Waals surface area (Å²) in [6.07, 6.45) is 15.8. The number of hydrogen-bond acceptors (Lipinski definition) is 6. The van der Waals surface area contributed by atoms with Gasteiger partial charge in [0.25, 0.3) is 0 Å². The van der Waals surface area contributed by atoms with Crippen molar-refractivity contribution < 1.29 is 29.3 Å². The molecule has 0 spiro atoms. The van der Waals surface area contributed by atoms with Crippen molar-refractivity contribution in [3.63, 3.8) is 0 Å². The number of amides is 1. The number of allylic oxidation sites excluding steroid dienone is 6. The molecule has 0 aliphatic heterocycles. The average Bonchev–Trinajstić information content (AvgIpc) is 2.86. The number of primary amides is 1. The number of hydrogen-bond donors (Lipinski definition) is 3. The molecule has 0 aromatic carbocycles. The van der Waals surface area contributed by atoms with E-state index in [1.807, 2.05) is 49.2 Å². The number of aliphatic hydroxyl groups is 2. The number of aliphatic hydroxyl groups excluding tert-OH is 2. The maximum absolute atomic E-state index is 12.5. The van der Waals surface area contributed by atoms with Crippen LogP contribution >= 0.6 is 22.6 Å². The van der Waals surface area contributed by atoms with Gasteiger partial charge < -0.3 is 25.4 Å². The van der Waals surface area contributed by atoms with Gasteiger partial charge in [0.2, 0.25) is 0 Å². The first-order valence-electron chi connectivity index (χ1n) is 12.8. The Bertz CT molecular complexity index is 889. The number of esters is 1. The minimum absolute atomic E-state index is 0.0119. The lowest BCUT2D eigenvalue weighted by molar-refractivity contribution is -0.144. The van der Waals surface area contributed by atoms with Gasteiger partial charge in [-0.1, -0.05) is 89.3 Å². The molecular formula is C30H44INO6. The van der Waals surface area contributed by atoms with Crippen LogP contribution in [0.15, 0.2) is 83.1 Å². The zero-order chi connectivity index (χ0) is 28.9. The van der Waals surface area contributed by atoms with Gasteiger partial charge in [0.1, 0.15) is 18.3 Å². The molecule has 0 saturated carbocycles. The molecule has 4 N–H and O–H groups in total. The third-order valence-electron chi connectivity index (χ3n) is 5.65. The predicted molar refractivity (Wildman–Crippen MR) is 163 cm³/mol. The first-order valence-corrected chi connectivity index (χ1v) is 14.0.